The van der Waals surface area contributed by atoms with Crippen LogP contribution < -0.4 is 0 Å². The summed E-state index contributed by atoms with van der Waals surface area (Å²) in [5, 5.41) is 62.3. The van der Waals surface area contributed by atoms with Gasteiger partial charge < -0.3 is 40.1 Å². The number of carbonyl (C=O) groups excluding carboxylic acids is 1. The third-order valence-electron chi connectivity index (χ3n) is 7.22. The third-order valence-corrected chi connectivity index (χ3v) is 7.22. The van der Waals surface area contributed by atoms with Gasteiger partial charge in [0.15, 0.2) is 12.1 Å². The number of aliphatic hydroxyl groups is 6. The molecule has 2 aliphatic carbocycles. The minimum atomic E-state index is -1.81. The first-order valence-electron chi connectivity index (χ1n) is 10.4. The molecule has 3 aliphatic rings. The number of hydrogen-bond acceptors (Lipinski definition) is 9. The van der Waals surface area contributed by atoms with Crippen molar-refractivity contribution in [1.29, 1.82) is 0 Å². The molecule has 0 unspecified atom stereocenters. The fraction of sp³-hybridized carbons (Fsp3) is 0.857. The van der Waals surface area contributed by atoms with Crippen LogP contribution in [0.5, 0.6) is 0 Å². The molecule has 6 N–H and O–H groups in total. The van der Waals surface area contributed by atoms with Crippen LogP contribution in [0.4, 0.5) is 0 Å². The monoisotopic (exact) mass is 430 g/mol. The number of allylic oxidation sites excluding steroid dienone is 1. The van der Waals surface area contributed by atoms with Gasteiger partial charge in [0.2, 0.25) is 0 Å². The Bertz CT molecular complexity index is 697. The average Bonchev–Trinajstić information content (AvgIpc) is 2.88. The number of rotatable bonds is 4. The van der Waals surface area contributed by atoms with Crippen molar-refractivity contribution < 1.29 is 44.9 Å². The van der Waals surface area contributed by atoms with E-state index in [1.165, 1.54) is 13.8 Å². The summed E-state index contributed by atoms with van der Waals surface area (Å²) in [5.41, 5.74) is -2.03. The van der Waals surface area contributed by atoms with Gasteiger partial charge in [-0.1, -0.05) is 12.5 Å². The van der Waals surface area contributed by atoms with Crippen molar-refractivity contribution in [3.63, 3.8) is 0 Å². The van der Waals surface area contributed by atoms with E-state index < -0.39 is 54.6 Å². The minimum Gasteiger partial charge on any atom is -0.394 e. The molecule has 0 aromatic carbocycles. The van der Waals surface area contributed by atoms with E-state index in [0.29, 0.717) is 12.0 Å². The Morgan fingerprint density at radius 2 is 1.83 bits per heavy atom. The summed E-state index contributed by atoms with van der Waals surface area (Å²) in [7, 11) is 0. The van der Waals surface area contributed by atoms with Crippen LogP contribution in [0.15, 0.2) is 11.1 Å². The lowest BCUT2D eigenvalue weighted by atomic mass is 9.76. The van der Waals surface area contributed by atoms with Crippen LogP contribution >= 0.6 is 0 Å². The second kappa shape index (κ2) is 8.22. The van der Waals surface area contributed by atoms with Crippen LogP contribution in [0.3, 0.4) is 0 Å². The van der Waals surface area contributed by atoms with E-state index in [0.717, 1.165) is 5.57 Å². The summed E-state index contributed by atoms with van der Waals surface area (Å²) in [6.07, 6.45) is -7.70. The number of ketones is 1. The molecule has 172 valence electrons. The summed E-state index contributed by atoms with van der Waals surface area (Å²) < 4.78 is 11.4. The smallest absolute Gasteiger partial charge is 0.187 e. The van der Waals surface area contributed by atoms with Crippen LogP contribution in [-0.4, -0.2) is 91.0 Å². The lowest BCUT2D eigenvalue weighted by Gasteiger charge is -2.47. The van der Waals surface area contributed by atoms with Gasteiger partial charge in [-0.2, -0.15) is 0 Å². The standard InChI is InChI=1S/C21H34O9/c1-9-5-15(30-19-18(26)17(25)16(24)14(8-22)29-19)21(28,20(3,4)27)7-12-10(2)13(23)6-11(9)12/h9,11,14-19,22,24-28H,5-8H2,1-4H3/t9-,11+,14+,15+,16+,17-,18+,19-,21+/m0/s1. The average molecular weight is 430 g/mol. The van der Waals surface area contributed by atoms with Crippen molar-refractivity contribution in [2.75, 3.05) is 6.61 Å². The Morgan fingerprint density at radius 3 is 2.40 bits per heavy atom. The topological polar surface area (TPSA) is 157 Å². The molecule has 1 saturated carbocycles. The molecule has 1 heterocycles. The molecule has 0 aromatic heterocycles. The molecule has 0 radical (unpaired) electrons. The second-order valence-electron chi connectivity index (χ2n) is 9.58. The van der Waals surface area contributed by atoms with Gasteiger partial charge in [0.1, 0.15) is 30.0 Å². The maximum Gasteiger partial charge on any atom is 0.187 e. The lowest BCUT2D eigenvalue weighted by molar-refractivity contribution is -0.333. The maximum absolute atomic E-state index is 12.3. The number of hydrogen-bond donors (Lipinski definition) is 6. The van der Waals surface area contributed by atoms with Gasteiger partial charge in [-0.15, -0.1) is 0 Å². The molecule has 1 saturated heterocycles. The molecule has 0 spiro atoms. The van der Waals surface area contributed by atoms with E-state index in [9.17, 15) is 35.4 Å². The highest BCUT2D eigenvalue weighted by Gasteiger charge is 2.56. The lowest BCUT2D eigenvalue weighted by Crippen LogP contribution is -2.64. The normalized spacial score (nSPS) is 45.5. The molecular weight excluding hydrogens is 396 g/mol. The molecule has 9 atom stereocenters. The molecule has 9 heteroatoms. The molecule has 9 nitrogen and oxygen atoms in total. The Balaban J connectivity index is 1.95. The Labute approximate surface area is 175 Å². The summed E-state index contributed by atoms with van der Waals surface area (Å²) in [6.45, 7) is 5.98. The maximum atomic E-state index is 12.3. The summed E-state index contributed by atoms with van der Waals surface area (Å²) >= 11 is 0. The summed E-state index contributed by atoms with van der Waals surface area (Å²) in [4.78, 5) is 12.3. The van der Waals surface area contributed by atoms with Crippen molar-refractivity contribution in [2.24, 2.45) is 11.8 Å². The van der Waals surface area contributed by atoms with E-state index in [1.54, 1.807) is 6.92 Å². The molecule has 3 rings (SSSR count). The highest BCUT2D eigenvalue weighted by atomic mass is 16.7. The highest BCUT2D eigenvalue weighted by molar-refractivity contribution is 5.98. The van der Waals surface area contributed by atoms with Gasteiger partial charge in [0, 0.05) is 12.8 Å². The fourth-order valence-corrected chi connectivity index (χ4v) is 4.96. The van der Waals surface area contributed by atoms with Crippen molar-refractivity contribution in [2.45, 2.75) is 95.0 Å². The molecule has 0 bridgehead atoms. The van der Waals surface area contributed by atoms with Crippen LogP contribution in [0.25, 0.3) is 0 Å². The number of carbonyl (C=O) groups is 1. The molecule has 30 heavy (non-hydrogen) atoms. The van der Waals surface area contributed by atoms with Gasteiger partial charge in [0.25, 0.3) is 0 Å². The van der Waals surface area contributed by atoms with Gasteiger partial charge >= 0.3 is 0 Å². The van der Waals surface area contributed by atoms with Crippen molar-refractivity contribution in [3.05, 3.63) is 11.1 Å². The highest BCUT2D eigenvalue weighted by Crippen LogP contribution is 2.49. The van der Waals surface area contributed by atoms with Crippen LogP contribution in [-0.2, 0) is 14.3 Å². The predicted octanol–water partition coefficient (Wildman–Crippen LogP) is -0.991. The number of ether oxygens (including phenoxy) is 2. The summed E-state index contributed by atoms with van der Waals surface area (Å²) in [5.74, 6) is -0.101. The largest absolute Gasteiger partial charge is 0.394 e. The van der Waals surface area contributed by atoms with E-state index in [2.05, 4.69) is 0 Å². The zero-order valence-electron chi connectivity index (χ0n) is 17.9. The fourth-order valence-electron chi connectivity index (χ4n) is 4.96. The Kier molecular flexibility index (Phi) is 6.50. The first-order valence-corrected chi connectivity index (χ1v) is 10.4. The summed E-state index contributed by atoms with van der Waals surface area (Å²) in [6, 6.07) is 0. The van der Waals surface area contributed by atoms with E-state index in [4.69, 9.17) is 9.47 Å². The van der Waals surface area contributed by atoms with E-state index in [-0.39, 0.29) is 30.5 Å². The van der Waals surface area contributed by atoms with Crippen molar-refractivity contribution in [3.8, 4) is 0 Å². The molecule has 0 amide bonds. The van der Waals surface area contributed by atoms with Crippen LogP contribution in [0.2, 0.25) is 0 Å². The molecular formula is C21H34O9. The molecule has 0 aromatic rings. The van der Waals surface area contributed by atoms with Crippen LogP contribution in [0, 0.1) is 11.8 Å². The molecule has 2 fully saturated rings. The third kappa shape index (κ3) is 3.86. The molecule has 1 aliphatic heterocycles. The Morgan fingerprint density at radius 1 is 1.20 bits per heavy atom. The van der Waals surface area contributed by atoms with Gasteiger partial charge in [-0.25, -0.2) is 0 Å². The Hall–Kier alpha value is -0.910. The first-order chi connectivity index (χ1) is 13.8. The van der Waals surface area contributed by atoms with Gasteiger partial charge in [0.05, 0.1) is 18.3 Å². The quantitative estimate of drug-likeness (QED) is 0.329. The number of Topliss-reactive ketones (excluding diaryl/α,β-unsaturated/α-hetero) is 1. The van der Waals surface area contributed by atoms with E-state index >= 15 is 0 Å². The zero-order valence-corrected chi connectivity index (χ0v) is 17.9. The zero-order chi connectivity index (χ0) is 22.6. The van der Waals surface area contributed by atoms with Gasteiger partial charge in [-0.05, 0) is 44.6 Å². The van der Waals surface area contributed by atoms with Gasteiger partial charge in [-0.3, -0.25) is 4.79 Å². The van der Waals surface area contributed by atoms with E-state index in [1.807, 2.05) is 6.92 Å². The number of aliphatic hydroxyl groups excluding tert-OH is 4. The van der Waals surface area contributed by atoms with Crippen LogP contribution in [0.1, 0.15) is 47.0 Å². The first kappa shape index (κ1) is 23.7. The SMILES string of the molecule is CC1=C2C[C@](O)(C(C)(C)O)[C@H](O[C@@H]3O[C@H](CO)[C@@H](O)[C@H](O)[C@H]3O)C[C@H](C)[C@H]2CC1=O. The minimum absolute atomic E-state index is 0.0190. The van der Waals surface area contributed by atoms with Crippen molar-refractivity contribution >= 4 is 5.78 Å². The van der Waals surface area contributed by atoms with Crippen molar-refractivity contribution in [1.82, 2.24) is 0 Å². The second-order valence-corrected chi connectivity index (χ2v) is 9.58. The number of fused-ring (bicyclic) bond motifs is 1. The predicted molar refractivity (Wildman–Crippen MR) is 104 cm³/mol.